The van der Waals surface area contributed by atoms with Gasteiger partial charge in [0.1, 0.15) is 17.4 Å². The number of amides is 2. The van der Waals surface area contributed by atoms with Gasteiger partial charge in [0.05, 0.1) is 19.1 Å². The van der Waals surface area contributed by atoms with Crippen LogP contribution in [0.5, 0.6) is 5.75 Å². The first-order valence-electron chi connectivity index (χ1n) is 7.45. The highest BCUT2D eigenvalue weighted by Gasteiger charge is 2.57. The zero-order valence-electron chi connectivity index (χ0n) is 13.0. The summed E-state index contributed by atoms with van der Waals surface area (Å²) in [5, 5.41) is 3.65. The largest absolute Gasteiger partial charge is 0.497 e. The molecule has 25 heavy (non-hydrogen) atoms. The molecule has 1 aromatic heterocycles. The first-order valence-corrected chi connectivity index (χ1v) is 7.45. The maximum absolute atomic E-state index is 12.8. The summed E-state index contributed by atoms with van der Waals surface area (Å²) in [6.45, 7) is 0. The van der Waals surface area contributed by atoms with Crippen LogP contribution in [0.4, 0.5) is 5.69 Å². The predicted molar refractivity (Wildman–Crippen MR) is 84.3 cm³/mol. The molecule has 2 aromatic rings. The van der Waals surface area contributed by atoms with Gasteiger partial charge in [0.25, 0.3) is 5.91 Å². The highest BCUT2D eigenvalue weighted by atomic mass is 16.7. The first-order chi connectivity index (χ1) is 12.1. The van der Waals surface area contributed by atoms with Crippen molar-refractivity contribution in [1.29, 1.82) is 0 Å². The number of fused-ring (bicyclic) bond motifs is 1. The fourth-order valence-corrected chi connectivity index (χ4v) is 2.89. The minimum absolute atomic E-state index is 0.0335. The van der Waals surface area contributed by atoms with Gasteiger partial charge in [0.2, 0.25) is 17.8 Å². The Hall–Kier alpha value is -3.42. The summed E-state index contributed by atoms with van der Waals surface area (Å²) in [6, 6.07) is 9.44. The molecule has 1 aromatic carbocycles. The summed E-state index contributed by atoms with van der Waals surface area (Å²) in [7, 11) is 1.52. The van der Waals surface area contributed by atoms with E-state index in [1.54, 1.807) is 30.3 Å². The lowest BCUT2D eigenvalue weighted by Gasteiger charge is -2.15. The third-order valence-electron chi connectivity index (χ3n) is 4.12. The summed E-state index contributed by atoms with van der Waals surface area (Å²) in [5.41, 5.74) is 0.243. The number of nitrogens with zero attached hydrogens (tertiary/aromatic N) is 2. The van der Waals surface area contributed by atoms with Crippen molar-refractivity contribution in [2.75, 3.05) is 12.0 Å². The quantitative estimate of drug-likeness (QED) is 0.616. The van der Waals surface area contributed by atoms with Crippen molar-refractivity contribution in [1.82, 2.24) is 0 Å². The van der Waals surface area contributed by atoms with Crippen molar-refractivity contribution in [3.63, 3.8) is 0 Å². The summed E-state index contributed by atoms with van der Waals surface area (Å²) in [6.07, 6.45) is 0.204. The van der Waals surface area contributed by atoms with E-state index in [9.17, 15) is 14.4 Å². The number of carbonyl (C=O) groups excluding carboxylic acids is 3. The molecule has 4 rings (SSSR count). The third kappa shape index (κ3) is 2.22. The number of furan rings is 1. The predicted octanol–water partition coefficient (Wildman–Crippen LogP) is 1.42. The smallest absolute Gasteiger partial charge is 0.278 e. The molecule has 3 heterocycles. The van der Waals surface area contributed by atoms with Gasteiger partial charge in [-0.1, -0.05) is 5.16 Å². The maximum Gasteiger partial charge on any atom is 0.278 e. The molecule has 0 bridgehead atoms. The molecule has 0 aliphatic carbocycles. The van der Waals surface area contributed by atoms with E-state index >= 15 is 0 Å². The Morgan fingerprint density at radius 2 is 1.92 bits per heavy atom. The van der Waals surface area contributed by atoms with E-state index in [1.807, 2.05) is 0 Å². The van der Waals surface area contributed by atoms with E-state index in [2.05, 4.69) is 5.16 Å². The third-order valence-corrected chi connectivity index (χ3v) is 4.12. The van der Waals surface area contributed by atoms with Gasteiger partial charge in [-0.15, -0.1) is 0 Å². The van der Waals surface area contributed by atoms with Gasteiger partial charge in [-0.3, -0.25) is 14.4 Å². The molecule has 1 fully saturated rings. The zero-order chi connectivity index (χ0) is 17.6. The van der Waals surface area contributed by atoms with Crippen molar-refractivity contribution in [2.24, 2.45) is 11.1 Å². The SMILES string of the molecule is COc1ccc(N2C(=O)[C@H]3C(C(=O)c4ccco4)=NO[C@@H]3C2=O)cc1. The lowest BCUT2D eigenvalue weighted by Crippen LogP contribution is -2.34. The number of rotatable bonds is 4. The lowest BCUT2D eigenvalue weighted by molar-refractivity contribution is -0.126. The van der Waals surface area contributed by atoms with Crippen LogP contribution in [0, 0.1) is 5.92 Å². The first kappa shape index (κ1) is 15.1. The van der Waals surface area contributed by atoms with Crippen molar-refractivity contribution < 1.29 is 28.4 Å². The van der Waals surface area contributed by atoms with Crippen LogP contribution in [-0.4, -0.2) is 36.5 Å². The Balaban J connectivity index is 1.65. The van der Waals surface area contributed by atoms with Gasteiger partial charge in [0, 0.05) is 0 Å². The number of imide groups is 1. The number of Topliss-reactive ketones (excluding diaryl/α,β-unsaturated/α-hetero) is 1. The molecule has 2 aliphatic rings. The van der Waals surface area contributed by atoms with Gasteiger partial charge in [-0.25, -0.2) is 4.90 Å². The van der Waals surface area contributed by atoms with Crippen LogP contribution >= 0.6 is 0 Å². The highest BCUT2D eigenvalue weighted by molar-refractivity contribution is 6.52. The number of methoxy groups -OCH3 is 1. The van der Waals surface area contributed by atoms with E-state index in [1.165, 1.54) is 19.4 Å². The topological polar surface area (TPSA) is 98.4 Å². The van der Waals surface area contributed by atoms with Crippen LogP contribution in [0.1, 0.15) is 10.6 Å². The molecule has 2 amide bonds. The zero-order valence-corrected chi connectivity index (χ0v) is 13.0. The normalized spacial score (nSPS) is 21.8. The second kappa shape index (κ2) is 5.59. The summed E-state index contributed by atoms with van der Waals surface area (Å²) in [4.78, 5) is 43.8. The molecule has 0 radical (unpaired) electrons. The molecular weight excluding hydrogens is 328 g/mol. The number of hydrogen-bond donors (Lipinski definition) is 0. The Labute approximate surface area is 141 Å². The molecule has 0 N–H and O–H groups in total. The van der Waals surface area contributed by atoms with Crippen LogP contribution in [-0.2, 0) is 14.4 Å². The maximum atomic E-state index is 12.8. The van der Waals surface area contributed by atoms with Crippen molar-refractivity contribution in [3.8, 4) is 5.75 Å². The molecule has 0 unspecified atom stereocenters. The Bertz CT molecular complexity index is 884. The van der Waals surface area contributed by atoms with Crippen molar-refractivity contribution >= 4 is 29.0 Å². The number of hydrogen-bond acceptors (Lipinski definition) is 7. The Morgan fingerprint density at radius 1 is 1.16 bits per heavy atom. The van der Waals surface area contributed by atoms with Gasteiger partial charge in [0.15, 0.2) is 5.76 Å². The van der Waals surface area contributed by atoms with Crippen LogP contribution in [0.3, 0.4) is 0 Å². The lowest BCUT2D eigenvalue weighted by atomic mass is 9.96. The van der Waals surface area contributed by atoms with Gasteiger partial charge in [-0.2, -0.15) is 0 Å². The minimum atomic E-state index is -1.14. The molecule has 2 atom stereocenters. The van der Waals surface area contributed by atoms with Gasteiger partial charge in [-0.05, 0) is 36.4 Å². The second-order valence-corrected chi connectivity index (χ2v) is 5.50. The average Bonchev–Trinajstić information content (AvgIpc) is 3.35. The molecule has 1 saturated heterocycles. The summed E-state index contributed by atoms with van der Waals surface area (Å²) in [5.74, 6) is -2.15. The summed E-state index contributed by atoms with van der Waals surface area (Å²) < 4.78 is 10.1. The standard InChI is InChI=1S/C17H12N2O6/c1-23-10-6-4-9(5-7-10)19-16(21)12-13(18-25-15(12)17(19)22)14(20)11-3-2-8-24-11/h2-8,12,15H,1H3/t12-,15-/m0/s1. The molecule has 2 aliphatic heterocycles. The van der Waals surface area contributed by atoms with E-state index in [4.69, 9.17) is 14.0 Å². The van der Waals surface area contributed by atoms with E-state index in [0.717, 1.165) is 4.90 Å². The van der Waals surface area contributed by atoms with Crippen molar-refractivity contribution in [2.45, 2.75) is 6.10 Å². The fourth-order valence-electron chi connectivity index (χ4n) is 2.89. The number of benzene rings is 1. The fraction of sp³-hybridized carbons (Fsp3) is 0.176. The van der Waals surface area contributed by atoms with Crippen LogP contribution in [0.15, 0.2) is 52.2 Å². The average molecular weight is 340 g/mol. The highest BCUT2D eigenvalue weighted by Crippen LogP contribution is 2.34. The Morgan fingerprint density at radius 3 is 2.56 bits per heavy atom. The van der Waals surface area contributed by atoms with Gasteiger partial charge >= 0.3 is 0 Å². The minimum Gasteiger partial charge on any atom is -0.497 e. The number of ether oxygens (including phenoxy) is 1. The molecule has 8 nitrogen and oxygen atoms in total. The molecule has 0 spiro atoms. The number of anilines is 1. The van der Waals surface area contributed by atoms with E-state index in [0.29, 0.717) is 11.4 Å². The number of carbonyl (C=O) groups is 3. The molecule has 8 heteroatoms. The van der Waals surface area contributed by atoms with Crippen LogP contribution in [0.2, 0.25) is 0 Å². The van der Waals surface area contributed by atoms with Crippen LogP contribution < -0.4 is 9.64 Å². The second-order valence-electron chi connectivity index (χ2n) is 5.50. The molecular formula is C17H12N2O6. The van der Waals surface area contributed by atoms with E-state index < -0.39 is 29.6 Å². The van der Waals surface area contributed by atoms with Gasteiger partial charge < -0.3 is 14.0 Å². The van der Waals surface area contributed by atoms with E-state index in [-0.39, 0.29) is 11.5 Å². The molecule has 0 saturated carbocycles. The molecule has 126 valence electrons. The van der Waals surface area contributed by atoms with Crippen LogP contribution in [0.25, 0.3) is 0 Å². The number of ketones is 1. The van der Waals surface area contributed by atoms with Crippen molar-refractivity contribution in [3.05, 3.63) is 48.4 Å². The monoisotopic (exact) mass is 340 g/mol. The number of oxime groups is 1. The Kier molecular flexibility index (Phi) is 3.38. The summed E-state index contributed by atoms with van der Waals surface area (Å²) >= 11 is 0.